The molecule has 0 saturated heterocycles. The molecule has 0 bridgehead atoms. The topological polar surface area (TPSA) is 219 Å². The third-order valence-corrected chi connectivity index (χ3v) is 2.64. The van der Waals surface area contributed by atoms with Crippen molar-refractivity contribution in [3.8, 4) is 0 Å². The summed E-state index contributed by atoms with van der Waals surface area (Å²) in [7, 11) is 0.362. The van der Waals surface area contributed by atoms with Crippen molar-refractivity contribution in [1.82, 2.24) is 0 Å². The van der Waals surface area contributed by atoms with E-state index in [9.17, 15) is 9.90 Å². The number of rotatable bonds is 6. The van der Waals surface area contributed by atoms with Gasteiger partial charge >= 0.3 is 18.2 Å². The monoisotopic (exact) mass is 290 g/mol. The second kappa shape index (κ2) is 4.88. The van der Waals surface area contributed by atoms with Crippen LogP contribution in [0.15, 0.2) is 0 Å². The van der Waals surface area contributed by atoms with Gasteiger partial charge in [-0.3, -0.25) is 30.6 Å². The fourth-order valence-electron chi connectivity index (χ4n) is 1.06. The van der Waals surface area contributed by atoms with Gasteiger partial charge in [0.1, 0.15) is 6.54 Å². The van der Waals surface area contributed by atoms with Crippen molar-refractivity contribution < 1.29 is 60.3 Å². The minimum absolute atomic E-state index is 0.362. The van der Waals surface area contributed by atoms with Crippen molar-refractivity contribution in [2.45, 2.75) is 24.1 Å². The highest BCUT2D eigenvalue weighted by atomic mass is 16.8. The molecule has 1 atom stereocenters. The van der Waals surface area contributed by atoms with E-state index >= 15 is 0 Å². The summed E-state index contributed by atoms with van der Waals surface area (Å²) in [5.74, 6) is -6.15. The van der Waals surface area contributed by atoms with Crippen LogP contribution in [0.3, 0.4) is 0 Å². The van der Waals surface area contributed by atoms with Crippen LogP contribution >= 0.6 is 0 Å². The zero-order valence-electron chi connectivity index (χ0n) is 9.61. The maximum absolute atomic E-state index is 10.4. The number of aliphatic hydroxyl groups excluding tert-OH is 1. The molecule has 0 aliphatic carbocycles. The second-order valence-electron chi connectivity index (χ2n) is 4.12. The maximum Gasteiger partial charge on any atom is 0.448 e. The Morgan fingerprint density at radius 1 is 1.00 bits per heavy atom. The summed E-state index contributed by atoms with van der Waals surface area (Å²) < 4.78 is -2.39. The standard InChI is InChI=1S/C7H15NO11/c1-8(6(14,15)16,7(17,18)19)2-3(9)5(12,13)4(10)11/h3,9,12-19H,2H2,1H3/p+1. The highest BCUT2D eigenvalue weighted by Crippen LogP contribution is 2.26. The maximum atomic E-state index is 10.4. The number of hydrogen-bond acceptors (Lipinski definition) is 10. The van der Waals surface area contributed by atoms with E-state index < -0.39 is 41.1 Å². The molecule has 0 aromatic heterocycles. The lowest BCUT2D eigenvalue weighted by molar-refractivity contribution is -1.13. The SMILES string of the molecule is C[N+](CC(O)C(O)(O)C(=O)O)(C(O)(O)O)C(O)(O)O. The summed E-state index contributed by atoms with van der Waals surface area (Å²) in [6, 6.07) is 0. The lowest BCUT2D eigenvalue weighted by Gasteiger charge is -2.44. The van der Waals surface area contributed by atoms with Crippen molar-refractivity contribution in [2.75, 3.05) is 13.6 Å². The molecule has 0 amide bonds. The van der Waals surface area contributed by atoms with Crippen LogP contribution in [0.2, 0.25) is 0 Å². The largest absolute Gasteiger partial charge is 0.477 e. The summed E-state index contributed by atoms with van der Waals surface area (Å²) in [4.78, 5) is 10.4. The Kier molecular flexibility index (Phi) is 4.64. The Balaban J connectivity index is 5.47. The molecule has 0 aromatic carbocycles. The summed E-state index contributed by atoms with van der Waals surface area (Å²) >= 11 is 0. The fourth-order valence-corrected chi connectivity index (χ4v) is 1.06. The fraction of sp³-hybridized carbons (Fsp3) is 0.857. The van der Waals surface area contributed by atoms with E-state index in [-0.39, 0.29) is 0 Å². The van der Waals surface area contributed by atoms with Gasteiger partial charge in [0.2, 0.25) is 0 Å². The van der Waals surface area contributed by atoms with E-state index in [0.717, 1.165) is 0 Å². The van der Waals surface area contributed by atoms with E-state index in [1.807, 2.05) is 0 Å². The van der Waals surface area contributed by atoms with Crippen LogP contribution in [0.25, 0.3) is 0 Å². The van der Waals surface area contributed by atoms with Crippen molar-refractivity contribution in [3.05, 3.63) is 0 Å². The molecule has 0 aliphatic rings. The first-order chi connectivity index (χ1) is 8.07. The number of quaternary nitrogens is 1. The van der Waals surface area contributed by atoms with Crippen molar-refractivity contribution in [3.63, 3.8) is 0 Å². The van der Waals surface area contributed by atoms with Crippen LogP contribution in [-0.4, -0.2) is 99.2 Å². The summed E-state index contributed by atoms with van der Waals surface area (Å²) in [5, 5.41) is 89.0. The zero-order chi connectivity index (χ0) is 15.9. The molecule has 0 aromatic rings. The highest BCUT2D eigenvalue weighted by Gasteiger charge is 2.62. The molecule has 114 valence electrons. The van der Waals surface area contributed by atoms with Crippen molar-refractivity contribution in [1.29, 1.82) is 0 Å². The van der Waals surface area contributed by atoms with Crippen molar-refractivity contribution >= 4 is 5.97 Å². The van der Waals surface area contributed by atoms with Gasteiger partial charge in [0.15, 0.2) is 6.10 Å². The molecule has 0 heterocycles. The summed E-state index contributed by atoms with van der Waals surface area (Å²) in [5.41, 5.74) is 0. The molecule has 12 nitrogen and oxygen atoms in total. The number of carboxylic acids is 1. The Labute approximate surface area is 105 Å². The average molecular weight is 290 g/mol. The molecule has 0 spiro atoms. The number of aliphatic hydroxyl groups is 9. The molecule has 0 fully saturated rings. The summed E-state index contributed by atoms with van der Waals surface area (Å²) in [6.07, 6.45) is -10.9. The van der Waals surface area contributed by atoms with Gasteiger partial charge < -0.3 is 20.4 Å². The number of likely N-dealkylation sites (N-methyl/N-ethyl adjacent to an activating group) is 1. The lowest BCUT2D eigenvalue weighted by Crippen LogP contribution is -2.76. The predicted octanol–water partition coefficient (Wildman–Crippen LogP) is -6.26. The molecule has 19 heavy (non-hydrogen) atoms. The Morgan fingerprint density at radius 2 is 1.32 bits per heavy atom. The molecule has 10 N–H and O–H groups in total. The number of hydrogen-bond donors (Lipinski definition) is 10. The van der Waals surface area contributed by atoms with Crippen LogP contribution in [0, 0.1) is 0 Å². The highest BCUT2D eigenvalue weighted by molar-refractivity contribution is 5.75. The van der Waals surface area contributed by atoms with Crippen LogP contribution in [0.5, 0.6) is 0 Å². The van der Waals surface area contributed by atoms with Gasteiger partial charge in [0.05, 0.1) is 7.05 Å². The lowest BCUT2D eigenvalue weighted by atomic mass is 10.1. The van der Waals surface area contributed by atoms with Gasteiger partial charge in [-0.05, 0) is 0 Å². The minimum atomic E-state index is -4.06. The summed E-state index contributed by atoms with van der Waals surface area (Å²) in [6.45, 7) is -1.59. The van der Waals surface area contributed by atoms with Crippen LogP contribution in [-0.2, 0) is 4.79 Å². The van der Waals surface area contributed by atoms with Gasteiger partial charge in [-0.2, -0.15) is 4.48 Å². The molecule has 0 saturated carbocycles. The van der Waals surface area contributed by atoms with Crippen LogP contribution < -0.4 is 0 Å². The van der Waals surface area contributed by atoms with Gasteiger partial charge in [0, 0.05) is 0 Å². The minimum Gasteiger partial charge on any atom is -0.477 e. The van der Waals surface area contributed by atoms with Gasteiger partial charge in [-0.15, -0.1) is 0 Å². The van der Waals surface area contributed by atoms with E-state index in [1.165, 1.54) is 0 Å². The number of nitrogens with zero attached hydrogens (tertiary/aromatic N) is 1. The third kappa shape index (κ3) is 3.34. The van der Waals surface area contributed by atoms with E-state index in [4.69, 9.17) is 46.0 Å². The van der Waals surface area contributed by atoms with E-state index in [0.29, 0.717) is 7.05 Å². The first-order valence-electron chi connectivity index (χ1n) is 4.63. The smallest absolute Gasteiger partial charge is 0.448 e. The molecule has 1 unspecified atom stereocenters. The van der Waals surface area contributed by atoms with E-state index in [2.05, 4.69) is 0 Å². The average Bonchev–Trinajstić information content (AvgIpc) is 2.13. The normalized spacial score (nSPS) is 16.3. The number of carbonyl (C=O) groups is 1. The third-order valence-electron chi connectivity index (χ3n) is 2.64. The molecule has 0 rings (SSSR count). The van der Waals surface area contributed by atoms with Gasteiger partial charge in [0.25, 0.3) is 5.79 Å². The molecule has 12 heteroatoms. The Bertz CT molecular complexity index is 326. The number of aliphatic carboxylic acids is 1. The van der Waals surface area contributed by atoms with Gasteiger partial charge in [-0.25, -0.2) is 4.79 Å². The first-order valence-corrected chi connectivity index (χ1v) is 4.63. The van der Waals surface area contributed by atoms with E-state index in [1.54, 1.807) is 0 Å². The van der Waals surface area contributed by atoms with Crippen LogP contribution in [0.4, 0.5) is 0 Å². The zero-order valence-corrected chi connectivity index (χ0v) is 9.61. The predicted molar refractivity (Wildman–Crippen MR) is 50.6 cm³/mol. The van der Waals surface area contributed by atoms with Gasteiger partial charge in [-0.1, -0.05) is 0 Å². The molecular formula is C7H16NO11+. The quantitative estimate of drug-likeness (QED) is 0.164. The Hall–Kier alpha value is -0.930. The van der Waals surface area contributed by atoms with Crippen LogP contribution in [0.1, 0.15) is 0 Å². The second-order valence-corrected chi connectivity index (χ2v) is 4.12. The number of carboxylic acid groups (broad SMARTS) is 1. The Morgan fingerprint density at radius 3 is 1.53 bits per heavy atom. The first kappa shape index (κ1) is 18.1. The van der Waals surface area contributed by atoms with Crippen molar-refractivity contribution in [2.24, 2.45) is 0 Å². The molecular weight excluding hydrogens is 274 g/mol. The molecule has 0 radical (unpaired) electrons. The molecule has 0 aliphatic heterocycles.